The van der Waals surface area contributed by atoms with Gasteiger partial charge in [-0.15, -0.1) is 16.4 Å². The van der Waals surface area contributed by atoms with Gasteiger partial charge in [-0.1, -0.05) is 47.7 Å². The van der Waals surface area contributed by atoms with Gasteiger partial charge in [0.25, 0.3) is 10.0 Å². The number of nitrogens with one attached hydrogen (secondary N) is 1. The number of ether oxygens (including phenoxy) is 2. The van der Waals surface area contributed by atoms with Crippen LogP contribution in [0.4, 0.5) is 4.39 Å². The summed E-state index contributed by atoms with van der Waals surface area (Å²) < 4.78 is 48.7. The summed E-state index contributed by atoms with van der Waals surface area (Å²) in [5, 5.41) is 25.9. The van der Waals surface area contributed by atoms with Gasteiger partial charge in [-0.25, -0.2) is 27.6 Å². The Kier molecular flexibility index (Phi) is 10.2. The number of sulfonamides is 1. The van der Waals surface area contributed by atoms with E-state index in [2.05, 4.69) is 20.6 Å². The Morgan fingerprint density at radius 3 is 2.48 bits per heavy atom. The minimum atomic E-state index is -3.94. The summed E-state index contributed by atoms with van der Waals surface area (Å²) in [5.74, 6) is -0.653. The summed E-state index contributed by atoms with van der Waals surface area (Å²) in [6, 6.07) is 18.8. The van der Waals surface area contributed by atoms with Crippen LogP contribution in [0.2, 0.25) is 0 Å². The fraction of sp³-hybridized carbons (Fsp3) is 0.233. The summed E-state index contributed by atoms with van der Waals surface area (Å²) >= 11 is 0.922. The number of alkyl halides is 1. The molecule has 0 saturated heterocycles. The van der Waals surface area contributed by atoms with Crippen LogP contribution in [0.1, 0.15) is 35.3 Å². The largest absolute Gasteiger partial charge is 0.491 e. The molecule has 1 unspecified atom stereocenters. The number of aromatic nitrogens is 4. The van der Waals surface area contributed by atoms with Crippen LogP contribution < -0.4 is 19.9 Å². The van der Waals surface area contributed by atoms with Crippen molar-refractivity contribution >= 4 is 43.5 Å². The third-order valence-electron chi connectivity index (χ3n) is 6.75. The molecule has 0 radical (unpaired) electrons. The lowest BCUT2D eigenvalue weighted by Gasteiger charge is -2.22. The number of rotatable bonds is 15. The zero-order chi connectivity index (χ0) is 32.7. The lowest BCUT2D eigenvalue weighted by molar-refractivity contribution is -0.138. The standard InChI is InChI=1S/C30H29FN6O7S2/c31-12-13-43-22-8-6-19(7-9-22)14-26(29(40)33-25(16-28(38)39)20-4-2-1-3-5-20)37-17-21(35-36-37)18-44-23-10-11-24-27(15-23)45-30(34-24)46(32,41)42/h1-11,15,17,25-26H,12-14,16,18H2,(H,33,40)(H,38,39)(H2,32,41,42)/t25?,26-/m0/s1. The lowest BCUT2D eigenvalue weighted by atomic mass is 10.0. The van der Waals surface area contributed by atoms with E-state index in [0.29, 0.717) is 33.0 Å². The third-order valence-corrected chi connectivity index (χ3v) is 9.08. The van der Waals surface area contributed by atoms with E-state index in [0.717, 1.165) is 16.9 Å². The summed E-state index contributed by atoms with van der Waals surface area (Å²) in [6.07, 6.45) is 1.40. The van der Waals surface area contributed by atoms with Gasteiger partial charge < -0.3 is 19.9 Å². The molecule has 0 saturated carbocycles. The third kappa shape index (κ3) is 8.41. The normalized spacial score (nSPS) is 12.8. The monoisotopic (exact) mass is 668 g/mol. The van der Waals surface area contributed by atoms with Crippen LogP contribution >= 0.6 is 11.3 Å². The number of halogens is 1. The Bertz CT molecular complexity index is 1920. The average molecular weight is 669 g/mol. The molecule has 0 bridgehead atoms. The number of primary sulfonamides is 1. The maximum atomic E-state index is 13.8. The zero-order valence-corrected chi connectivity index (χ0v) is 25.8. The maximum absolute atomic E-state index is 13.8. The van der Waals surface area contributed by atoms with Gasteiger partial charge in [0.1, 0.15) is 43.1 Å². The van der Waals surface area contributed by atoms with E-state index in [9.17, 15) is 27.5 Å². The first kappa shape index (κ1) is 32.5. The van der Waals surface area contributed by atoms with Crippen molar-refractivity contribution in [2.45, 2.75) is 35.9 Å². The summed E-state index contributed by atoms with van der Waals surface area (Å²) in [6.45, 7) is -0.721. The molecule has 0 spiro atoms. The van der Waals surface area contributed by atoms with E-state index < -0.39 is 40.7 Å². The SMILES string of the molecule is NS(=O)(=O)c1nc2ccc(OCc3cn([C@@H](Cc4ccc(OCCF)cc4)C(=O)NC(CC(=O)O)c4ccccc4)nn3)cc2s1. The Morgan fingerprint density at radius 1 is 1.04 bits per heavy atom. The molecular weight excluding hydrogens is 639 g/mol. The molecule has 0 fully saturated rings. The van der Waals surface area contributed by atoms with E-state index in [1.54, 1.807) is 79.0 Å². The highest BCUT2D eigenvalue weighted by Gasteiger charge is 2.27. The number of hydrogen-bond donors (Lipinski definition) is 3. The Labute approximate surface area is 266 Å². The van der Waals surface area contributed by atoms with E-state index in [4.69, 9.17) is 14.6 Å². The molecule has 240 valence electrons. The Hall–Kier alpha value is -4.93. The number of thiazole rings is 1. The number of carboxylic acids is 1. The predicted molar refractivity (Wildman–Crippen MR) is 166 cm³/mol. The smallest absolute Gasteiger partial charge is 0.305 e. The first-order valence-electron chi connectivity index (χ1n) is 13.9. The van der Waals surface area contributed by atoms with E-state index >= 15 is 0 Å². The highest BCUT2D eigenvalue weighted by atomic mass is 32.2. The molecule has 0 aliphatic rings. The molecule has 2 aromatic heterocycles. The van der Waals surface area contributed by atoms with Crippen molar-refractivity contribution in [3.05, 3.63) is 95.8 Å². The Balaban J connectivity index is 1.35. The van der Waals surface area contributed by atoms with Crippen molar-refractivity contribution in [2.24, 2.45) is 5.14 Å². The molecular formula is C30H29FN6O7S2. The molecule has 3 aromatic carbocycles. The number of benzene rings is 3. The second-order valence-corrected chi connectivity index (χ2v) is 12.9. The number of amides is 1. The quantitative estimate of drug-likeness (QED) is 0.149. The summed E-state index contributed by atoms with van der Waals surface area (Å²) in [4.78, 5) is 29.4. The van der Waals surface area contributed by atoms with Crippen LogP contribution in [0.5, 0.6) is 11.5 Å². The number of fused-ring (bicyclic) bond motifs is 1. The fourth-order valence-electron chi connectivity index (χ4n) is 4.57. The van der Waals surface area contributed by atoms with E-state index in [1.807, 2.05) is 0 Å². The van der Waals surface area contributed by atoms with Crippen molar-refractivity contribution in [2.75, 3.05) is 13.3 Å². The second-order valence-electron chi connectivity index (χ2n) is 10.1. The fourth-order valence-corrected chi connectivity index (χ4v) is 6.26. The molecule has 0 aliphatic heterocycles. The number of nitrogens with zero attached hydrogens (tertiary/aromatic N) is 4. The maximum Gasteiger partial charge on any atom is 0.305 e. The molecule has 46 heavy (non-hydrogen) atoms. The number of carbonyl (C=O) groups excluding carboxylic acids is 1. The van der Waals surface area contributed by atoms with Gasteiger partial charge in [-0.3, -0.25) is 9.59 Å². The molecule has 4 N–H and O–H groups in total. The number of carboxylic acid groups (broad SMARTS) is 1. The lowest BCUT2D eigenvalue weighted by Crippen LogP contribution is -2.37. The van der Waals surface area contributed by atoms with Gasteiger partial charge in [-0.2, -0.15) is 0 Å². The van der Waals surface area contributed by atoms with Gasteiger partial charge in [0.2, 0.25) is 10.2 Å². The molecule has 0 aliphatic carbocycles. The van der Waals surface area contributed by atoms with Gasteiger partial charge in [0, 0.05) is 6.42 Å². The van der Waals surface area contributed by atoms with Crippen molar-refractivity contribution < 1.29 is 37.0 Å². The van der Waals surface area contributed by atoms with Gasteiger partial charge in [0.05, 0.1) is 28.9 Å². The number of nitrogens with two attached hydrogens (primary N) is 1. The van der Waals surface area contributed by atoms with Gasteiger partial charge in [-0.05, 0) is 41.5 Å². The molecule has 2 heterocycles. The van der Waals surface area contributed by atoms with Gasteiger partial charge >= 0.3 is 5.97 Å². The average Bonchev–Trinajstić information content (AvgIpc) is 3.69. The molecule has 13 nitrogen and oxygen atoms in total. The van der Waals surface area contributed by atoms with Crippen molar-refractivity contribution in [3.8, 4) is 11.5 Å². The van der Waals surface area contributed by atoms with Crippen LogP contribution in [0.3, 0.4) is 0 Å². The molecule has 2 atom stereocenters. The Morgan fingerprint density at radius 2 is 1.78 bits per heavy atom. The van der Waals surface area contributed by atoms with Crippen molar-refractivity contribution in [3.63, 3.8) is 0 Å². The van der Waals surface area contributed by atoms with Crippen LogP contribution in [0, 0.1) is 0 Å². The van der Waals surface area contributed by atoms with Crippen LogP contribution in [-0.4, -0.2) is 58.7 Å². The first-order valence-corrected chi connectivity index (χ1v) is 16.3. The predicted octanol–water partition coefficient (Wildman–Crippen LogP) is 3.58. The van der Waals surface area contributed by atoms with Gasteiger partial charge in [0.15, 0.2) is 0 Å². The van der Waals surface area contributed by atoms with Crippen LogP contribution in [0.25, 0.3) is 10.2 Å². The van der Waals surface area contributed by atoms with E-state index in [-0.39, 0.29) is 30.4 Å². The minimum absolute atomic E-state index is 0.0209. The molecule has 5 rings (SSSR count). The van der Waals surface area contributed by atoms with Crippen LogP contribution in [0.15, 0.2) is 83.3 Å². The summed E-state index contributed by atoms with van der Waals surface area (Å²) in [5.41, 5.74) is 2.23. The summed E-state index contributed by atoms with van der Waals surface area (Å²) in [7, 11) is -3.94. The highest BCUT2D eigenvalue weighted by molar-refractivity contribution is 7.91. The number of hydrogen-bond acceptors (Lipinski definition) is 10. The highest BCUT2D eigenvalue weighted by Crippen LogP contribution is 2.29. The number of aliphatic carboxylic acids is 1. The van der Waals surface area contributed by atoms with Crippen molar-refractivity contribution in [1.82, 2.24) is 25.3 Å². The minimum Gasteiger partial charge on any atom is -0.491 e. The molecule has 1 amide bonds. The zero-order valence-electron chi connectivity index (χ0n) is 24.2. The number of carbonyl (C=O) groups is 2. The van der Waals surface area contributed by atoms with E-state index in [1.165, 1.54) is 4.68 Å². The molecule has 5 aromatic rings. The molecule has 16 heteroatoms. The second kappa shape index (κ2) is 14.4. The van der Waals surface area contributed by atoms with Crippen molar-refractivity contribution in [1.29, 1.82) is 0 Å². The topological polar surface area (TPSA) is 189 Å². The first-order chi connectivity index (χ1) is 22.1. The van der Waals surface area contributed by atoms with Crippen LogP contribution in [-0.2, 0) is 32.6 Å².